The van der Waals surface area contributed by atoms with Crippen molar-refractivity contribution in [3.05, 3.63) is 54.1 Å². The van der Waals surface area contributed by atoms with Crippen molar-refractivity contribution in [3.8, 4) is 0 Å². The zero-order valence-corrected chi connectivity index (χ0v) is 16.3. The number of nitrogens with one attached hydrogen (secondary N) is 3. The molecule has 0 fully saturated rings. The van der Waals surface area contributed by atoms with Gasteiger partial charge < -0.3 is 25.1 Å². The number of aromatic amines is 1. The number of rotatable bonds is 11. The Morgan fingerprint density at radius 2 is 1.97 bits per heavy atom. The third kappa shape index (κ3) is 8.46. The maximum Gasteiger partial charge on any atom is 0.408 e. The van der Waals surface area contributed by atoms with Gasteiger partial charge in [0.2, 0.25) is 5.91 Å². The molecule has 2 rings (SSSR count). The van der Waals surface area contributed by atoms with E-state index < -0.39 is 24.0 Å². The van der Waals surface area contributed by atoms with Gasteiger partial charge in [-0.15, -0.1) is 0 Å². The third-order valence-corrected chi connectivity index (χ3v) is 4.01. The molecule has 0 bridgehead atoms. The Morgan fingerprint density at radius 1 is 1.17 bits per heavy atom. The lowest BCUT2D eigenvalue weighted by Gasteiger charge is -2.18. The molecule has 0 saturated carbocycles. The minimum atomic E-state index is -0.913. The number of alkyl carbamates (subject to hydrolysis) is 1. The van der Waals surface area contributed by atoms with Gasteiger partial charge in [-0.05, 0) is 18.9 Å². The van der Waals surface area contributed by atoms with Gasteiger partial charge in [0.05, 0.1) is 12.9 Å². The van der Waals surface area contributed by atoms with Gasteiger partial charge in [0.1, 0.15) is 12.6 Å². The number of amides is 2. The lowest BCUT2D eigenvalue weighted by atomic mass is 10.1. The van der Waals surface area contributed by atoms with Gasteiger partial charge in [-0.25, -0.2) is 9.78 Å². The Kier molecular flexibility index (Phi) is 9.20. The summed E-state index contributed by atoms with van der Waals surface area (Å²) in [4.78, 5) is 43.1. The van der Waals surface area contributed by atoms with Crippen molar-refractivity contribution in [2.45, 2.75) is 38.8 Å². The maximum atomic E-state index is 12.5. The van der Waals surface area contributed by atoms with Crippen molar-refractivity contribution < 1.29 is 23.9 Å². The number of H-pyrrole nitrogens is 1. The molecule has 1 heterocycles. The standard InChI is InChI=1S/C20H26N4O5/c1-2-28-18(25)9-8-17(19(26)22-11-10-16-12-21-14-23-16)24-20(27)29-13-15-6-4-3-5-7-15/h3-7,12,14,17H,2,8-11,13H2,1H3,(H,21,23)(H,22,26)(H,24,27)/t17-/m1/s1. The summed E-state index contributed by atoms with van der Waals surface area (Å²) in [7, 11) is 0. The van der Waals surface area contributed by atoms with Crippen molar-refractivity contribution in [1.29, 1.82) is 0 Å². The minimum Gasteiger partial charge on any atom is -0.466 e. The number of hydrogen-bond donors (Lipinski definition) is 3. The van der Waals surface area contributed by atoms with Gasteiger partial charge in [0, 0.05) is 31.3 Å². The molecule has 29 heavy (non-hydrogen) atoms. The Morgan fingerprint density at radius 3 is 2.66 bits per heavy atom. The highest BCUT2D eigenvalue weighted by Gasteiger charge is 2.22. The molecule has 9 nitrogen and oxygen atoms in total. The van der Waals surface area contributed by atoms with Crippen LogP contribution < -0.4 is 10.6 Å². The molecule has 9 heteroatoms. The molecule has 1 aromatic heterocycles. The lowest BCUT2D eigenvalue weighted by molar-refractivity contribution is -0.143. The number of carbonyl (C=O) groups excluding carboxylic acids is 3. The van der Waals surface area contributed by atoms with Crippen LogP contribution in [0.4, 0.5) is 4.79 Å². The van der Waals surface area contributed by atoms with E-state index in [2.05, 4.69) is 20.6 Å². The van der Waals surface area contributed by atoms with E-state index in [1.807, 2.05) is 30.3 Å². The zero-order valence-electron chi connectivity index (χ0n) is 16.3. The molecule has 0 radical (unpaired) electrons. The number of imidazole rings is 1. The molecular weight excluding hydrogens is 376 g/mol. The second-order valence-corrected chi connectivity index (χ2v) is 6.22. The van der Waals surface area contributed by atoms with Crippen LogP contribution in [-0.4, -0.2) is 47.1 Å². The number of ether oxygens (including phenoxy) is 2. The van der Waals surface area contributed by atoms with Gasteiger partial charge in [-0.3, -0.25) is 9.59 Å². The van der Waals surface area contributed by atoms with E-state index in [4.69, 9.17) is 9.47 Å². The number of aromatic nitrogens is 2. The molecular formula is C20H26N4O5. The minimum absolute atomic E-state index is 0.00540. The summed E-state index contributed by atoms with van der Waals surface area (Å²) >= 11 is 0. The Bertz CT molecular complexity index is 764. The van der Waals surface area contributed by atoms with Crippen molar-refractivity contribution >= 4 is 18.0 Å². The monoisotopic (exact) mass is 402 g/mol. The van der Waals surface area contributed by atoms with E-state index in [1.165, 1.54) is 0 Å². The van der Waals surface area contributed by atoms with E-state index in [-0.39, 0.29) is 26.1 Å². The van der Waals surface area contributed by atoms with E-state index >= 15 is 0 Å². The van der Waals surface area contributed by atoms with Crippen LogP contribution in [0.3, 0.4) is 0 Å². The highest BCUT2D eigenvalue weighted by atomic mass is 16.5. The average molecular weight is 402 g/mol. The largest absolute Gasteiger partial charge is 0.466 e. The SMILES string of the molecule is CCOC(=O)CC[C@@H](NC(=O)OCc1ccccc1)C(=O)NCCc1cnc[nH]1. The highest BCUT2D eigenvalue weighted by Crippen LogP contribution is 2.04. The lowest BCUT2D eigenvalue weighted by Crippen LogP contribution is -2.47. The molecule has 0 aliphatic rings. The first-order chi connectivity index (χ1) is 14.1. The molecule has 0 unspecified atom stereocenters. The fourth-order valence-electron chi connectivity index (χ4n) is 2.54. The summed E-state index contributed by atoms with van der Waals surface area (Å²) in [5.41, 5.74) is 1.71. The van der Waals surface area contributed by atoms with Gasteiger partial charge >= 0.3 is 12.1 Å². The quantitative estimate of drug-likeness (QED) is 0.492. The molecule has 2 amide bonds. The molecule has 156 valence electrons. The van der Waals surface area contributed by atoms with Crippen molar-refractivity contribution in [3.63, 3.8) is 0 Å². The fourth-order valence-corrected chi connectivity index (χ4v) is 2.54. The Balaban J connectivity index is 1.85. The number of nitrogens with zero attached hydrogens (tertiary/aromatic N) is 1. The Hall–Kier alpha value is -3.36. The first kappa shape index (κ1) is 21.9. The molecule has 3 N–H and O–H groups in total. The second-order valence-electron chi connectivity index (χ2n) is 6.22. The smallest absolute Gasteiger partial charge is 0.408 e. The van der Waals surface area contributed by atoms with Crippen LogP contribution in [0.25, 0.3) is 0 Å². The molecule has 0 aliphatic carbocycles. The molecule has 1 atom stereocenters. The van der Waals surface area contributed by atoms with Crippen LogP contribution in [0, 0.1) is 0 Å². The van der Waals surface area contributed by atoms with Gasteiger partial charge in [-0.1, -0.05) is 30.3 Å². The van der Waals surface area contributed by atoms with Crippen molar-refractivity contribution in [2.75, 3.05) is 13.2 Å². The predicted molar refractivity (Wildman–Crippen MR) is 105 cm³/mol. The van der Waals surface area contributed by atoms with Gasteiger partial charge in [0.25, 0.3) is 0 Å². The highest BCUT2D eigenvalue weighted by molar-refractivity contribution is 5.86. The van der Waals surface area contributed by atoms with Gasteiger partial charge in [-0.2, -0.15) is 0 Å². The van der Waals surface area contributed by atoms with E-state index in [0.29, 0.717) is 13.0 Å². The predicted octanol–water partition coefficient (Wildman–Crippen LogP) is 1.71. The molecule has 0 spiro atoms. The number of hydrogen-bond acceptors (Lipinski definition) is 6. The first-order valence-electron chi connectivity index (χ1n) is 9.46. The fraction of sp³-hybridized carbons (Fsp3) is 0.400. The van der Waals surface area contributed by atoms with E-state index in [9.17, 15) is 14.4 Å². The van der Waals surface area contributed by atoms with Crippen LogP contribution in [0.2, 0.25) is 0 Å². The van der Waals surface area contributed by atoms with Gasteiger partial charge in [0.15, 0.2) is 0 Å². The average Bonchev–Trinajstić information content (AvgIpc) is 3.24. The van der Waals surface area contributed by atoms with Crippen LogP contribution in [0.1, 0.15) is 31.0 Å². The number of benzene rings is 1. The maximum absolute atomic E-state index is 12.5. The third-order valence-electron chi connectivity index (χ3n) is 4.01. The second kappa shape index (κ2) is 12.2. The van der Waals surface area contributed by atoms with E-state index in [0.717, 1.165) is 11.3 Å². The molecule has 0 aliphatic heterocycles. The summed E-state index contributed by atoms with van der Waals surface area (Å²) in [5, 5.41) is 5.27. The van der Waals surface area contributed by atoms with Crippen LogP contribution >= 0.6 is 0 Å². The van der Waals surface area contributed by atoms with Crippen LogP contribution in [-0.2, 0) is 32.1 Å². The summed E-state index contributed by atoms with van der Waals surface area (Å²) < 4.78 is 10.1. The van der Waals surface area contributed by atoms with Crippen molar-refractivity contribution in [1.82, 2.24) is 20.6 Å². The summed E-state index contributed by atoms with van der Waals surface area (Å²) in [6, 6.07) is 8.28. The summed E-state index contributed by atoms with van der Waals surface area (Å²) in [5.74, 6) is -0.826. The number of esters is 1. The van der Waals surface area contributed by atoms with Crippen LogP contribution in [0.5, 0.6) is 0 Å². The molecule has 0 saturated heterocycles. The summed E-state index contributed by atoms with van der Waals surface area (Å²) in [6.45, 7) is 2.40. The Labute approximate surface area is 169 Å². The number of carbonyl (C=O) groups is 3. The normalized spacial score (nSPS) is 11.3. The van der Waals surface area contributed by atoms with E-state index in [1.54, 1.807) is 19.4 Å². The zero-order chi connectivity index (χ0) is 20.9. The first-order valence-corrected chi connectivity index (χ1v) is 9.46. The summed E-state index contributed by atoms with van der Waals surface area (Å²) in [6.07, 6.45) is 3.18. The molecule has 2 aromatic rings. The molecule has 1 aromatic carbocycles. The van der Waals surface area contributed by atoms with Crippen molar-refractivity contribution in [2.24, 2.45) is 0 Å². The van der Waals surface area contributed by atoms with Crippen LogP contribution in [0.15, 0.2) is 42.9 Å². The topological polar surface area (TPSA) is 122 Å².